The van der Waals surface area contributed by atoms with Crippen molar-refractivity contribution in [2.45, 2.75) is 0 Å². The summed E-state index contributed by atoms with van der Waals surface area (Å²) >= 11 is 13.3. The third-order valence-electron chi connectivity index (χ3n) is 0.932. The van der Waals surface area contributed by atoms with Crippen molar-refractivity contribution >= 4 is 45.8 Å². The molecule has 3 nitrogen and oxygen atoms in total. The van der Waals surface area contributed by atoms with Crippen LogP contribution >= 0.6 is 45.8 Å². The zero-order valence-electron chi connectivity index (χ0n) is 5.44. The predicted molar refractivity (Wildman–Crippen MR) is 51.3 cm³/mol. The monoisotopic (exact) mass is 304 g/mol. The highest BCUT2D eigenvalue weighted by Gasteiger charge is 2.07. The Morgan fingerprint density at radius 2 is 1.73 bits per heavy atom. The van der Waals surface area contributed by atoms with E-state index >= 15 is 0 Å². The molecule has 6 heteroatoms. The van der Waals surface area contributed by atoms with Crippen LogP contribution in [-0.4, -0.2) is 17.1 Å². The minimum Gasteiger partial charge on any atom is -0.467 e. The molecule has 11 heavy (non-hydrogen) atoms. The lowest BCUT2D eigenvalue weighted by molar-refractivity contribution is 0.379. The van der Waals surface area contributed by atoms with Gasteiger partial charge in [0.1, 0.15) is 0 Å². The lowest BCUT2D eigenvalue weighted by Gasteiger charge is -2.00. The van der Waals surface area contributed by atoms with Crippen LogP contribution in [0.15, 0.2) is 0 Å². The first-order valence-corrected chi connectivity index (χ1v) is 4.41. The topological polar surface area (TPSA) is 35.0 Å². The first-order chi connectivity index (χ1) is 5.15. The number of hydrogen-bond acceptors (Lipinski definition) is 3. The van der Waals surface area contributed by atoms with Crippen LogP contribution in [0.3, 0.4) is 0 Å². The van der Waals surface area contributed by atoms with Gasteiger partial charge in [0, 0.05) is 0 Å². The molecule has 0 unspecified atom stereocenters. The summed E-state index contributed by atoms with van der Waals surface area (Å²) in [5, 5.41) is 0.616. The van der Waals surface area contributed by atoms with E-state index in [9.17, 15) is 0 Å². The van der Waals surface area contributed by atoms with Crippen LogP contribution < -0.4 is 4.74 Å². The van der Waals surface area contributed by atoms with Crippen molar-refractivity contribution in [2.24, 2.45) is 0 Å². The normalized spacial score (nSPS) is 9.82. The summed E-state index contributed by atoms with van der Waals surface area (Å²) in [4.78, 5) is 7.58. The number of ether oxygens (including phenoxy) is 1. The molecule has 0 aliphatic carbocycles. The van der Waals surface area contributed by atoms with Crippen molar-refractivity contribution in [1.29, 1.82) is 0 Å². The maximum Gasteiger partial charge on any atom is 0.319 e. The van der Waals surface area contributed by atoms with E-state index in [1.165, 1.54) is 7.11 Å². The van der Waals surface area contributed by atoms with Gasteiger partial charge in [-0.25, -0.2) is 0 Å². The SMILES string of the molecule is COc1nc(Cl)c(I)c(Cl)n1. The zero-order chi connectivity index (χ0) is 8.43. The summed E-state index contributed by atoms with van der Waals surface area (Å²) in [7, 11) is 1.45. The van der Waals surface area contributed by atoms with E-state index < -0.39 is 0 Å². The molecule has 0 atom stereocenters. The van der Waals surface area contributed by atoms with Gasteiger partial charge < -0.3 is 4.74 Å². The van der Waals surface area contributed by atoms with Crippen molar-refractivity contribution in [1.82, 2.24) is 9.97 Å². The summed E-state index contributed by atoms with van der Waals surface area (Å²) in [5.41, 5.74) is 0. The second-order valence-electron chi connectivity index (χ2n) is 1.61. The van der Waals surface area contributed by atoms with Crippen molar-refractivity contribution in [3.8, 4) is 6.01 Å². The van der Waals surface area contributed by atoms with Crippen LogP contribution in [0.1, 0.15) is 0 Å². The molecule has 0 aromatic carbocycles. The molecule has 0 spiro atoms. The van der Waals surface area contributed by atoms with Gasteiger partial charge in [-0.05, 0) is 22.6 Å². The van der Waals surface area contributed by atoms with Crippen LogP contribution in [0.4, 0.5) is 0 Å². The molecular weight excluding hydrogens is 302 g/mol. The van der Waals surface area contributed by atoms with Crippen molar-refractivity contribution < 1.29 is 4.74 Å². The molecule has 1 aromatic rings. The molecule has 0 saturated heterocycles. The van der Waals surface area contributed by atoms with E-state index in [1.54, 1.807) is 0 Å². The molecule has 0 saturated carbocycles. The van der Waals surface area contributed by atoms with Crippen LogP contribution in [-0.2, 0) is 0 Å². The highest BCUT2D eigenvalue weighted by Crippen LogP contribution is 2.24. The van der Waals surface area contributed by atoms with Gasteiger partial charge in [0.15, 0.2) is 10.3 Å². The van der Waals surface area contributed by atoms with Crippen LogP contribution in [0.5, 0.6) is 6.01 Å². The quantitative estimate of drug-likeness (QED) is 0.590. The van der Waals surface area contributed by atoms with E-state index in [2.05, 4.69) is 9.97 Å². The summed E-state index contributed by atoms with van der Waals surface area (Å²) in [6.45, 7) is 0. The fourth-order valence-electron chi connectivity index (χ4n) is 0.468. The van der Waals surface area contributed by atoms with E-state index in [0.29, 0.717) is 13.9 Å². The standard InChI is InChI=1S/C5H3Cl2IN2O/c1-11-5-9-3(6)2(8)4(7)10-5/h1H3. The molecule has 60 valence electrons. The highest BCUT2D eigenvalue weighted by atomic mass is 127. The van der Waals surface area contributed by atoms with Gasteiger partial charge in [-0.2, -0.15) is 9.97 Å². The van der Waals surface area contributed by atoms with Gasteiger partial charge in [-0.1, -0.05) is 23.2 Å². The average Bonchev–Trinajstić information content (AvgIpc) is 1.99. The second-order valence-corrected chi connectivity index (χ2v) is 3.40. The smallest absolute Gasteiger partial charge is 0.319 e. The Morgan fingerprint density at radius 3 is 2.09 bits per heavy atom. The Morgan fingerprint density at radius 1 is 1.27 bits per heavy atom. The highest BCUT2D eigenvalue weighted by molar-refractivity contribution is 14.1. The van der Waals surface area contributed by atoms with Gasteiger partial charge in [-0.3, -0.25) is 0 Å². The third-order valence-corrected chi connectivity index (χ3v) is 3.14. The summed E-state index contributed by atoms with van der Waals surface area (Å²) in [5.74, 6) is 0. The van der Waals surface area contributed by atoms with Gasteiger partial charge in [-0.15, -0.1) is 0 Å². The molecular formula is C5H3Cl2IN2O. The predicted octanol–water partition coefficient (Wildman–Crippen LogP) is 2.40. The molecule has 0 bridgehead atoms. The molecule has 1 heterocycles. The van der Waals surface area contributed by atoms with Gasteiger partial charge in [0.2, 0.25) is 0 Å². The summed E-state index contributed by atoms with van der Waals surface area (Å²) in [6, 6.07) is 0.181. The molecule has 0 aliphatic rings. The number of methoxy groups -OCH3 is 1. The molecule has 1 rings (SSSR count). The van der Waals surface area contributed by atoms with Crippen LogP contribution in [0, 0.1) is 3.57 Å². The van der Waals surface area contributed by atoms with Crippen molar-refractivity contribution in [2.75, 3.05) is 7.11 Å². The second kappa shape index (κ2) is 3.73. The Bertz CT molecular complexity index is 258. The maximum absolute atomic E-state index is 5.67. The van der Waals surface area contributed by atoms with E-state index in [4.69, 9.17) is 27.9 Å². The summed E-state index contributed by atoms with van der Waals surface area (Å²) in [6.07, 6.45) is 0. The van der Waals surface area contributed by atoms with E-state index in [-0.39, 0.29) is 6.01 Å². The largest absolute Gasteiger partial charge is 0.467 e. The Kier molecular flexibility index (Phi) is 3.15. The summed E-state index contributed by atoms with van der Waals surface area (Å²) < 4.78 is 5.37. The Hall–Kier alpha value is 0.190. The average molecular weight is 305 g/mol. The lowest BCUT2D eigenvalue weighted by atomic mass is 10.7. The van der Waals surface area contributed by atoms with Crippen molar-refractivity contribution in [3.63, 3.8) is 0 Å². The fourth-order valence-corrected chi connectivity index (χ4v) is 1.08. The number of nitrogens with zero attached hydrogens (tertiary/aromatic N) is 2. The number of hydrogen-bond donors (Lipinski definition) is 0. The van der Waals surface area contributed by atoms with Gasteiger partial charge in [0.05, 0.1) is 10.7 Å². The number of aromatic nitrogens is 2. The molecule has 0 aliphatic heterocycles. The van der Waals surface area contributed by atoms with Gasteiger partial charge >= 0.3 is 6.01 Å². The van der Waals surface area contributed by atoms with Crippen LogP contribution in [0.2, 0.25) is 10.3 Å². The van der Waals surface area contributed by atoms with E-state index in [1.807, 2.05) is 22.6 Å². The lowest BCUT2D eigenvalue weighted by Crippen LogP contribution is -1.94. The first-order valence-electron chi connectivity index (χ1n) is 2.57. The molecule has 0 N–H and O–H groups in total. The first kappa shape index (κ1) is 9.28. The minimum absolute atomic E-state index is 0.181. The van der Waals surface area contributed by atoms with Crippen molar-refractivity contribution in [3.05, 3.63) is 13.9 Å². The number of rotatable bonds is 1. The Labute approximate surface area is 87.2 Å². The minimum atomic E-state index is 0.181. The van der Waals surface area contributed by atoms with E-state index in [0.717, 1.165) is 0 Å². The van der Waals surface area contributed by atoms with Gasteiger partial charge in [0.25, 0.3) is 0 Å². The Balaban J connectivity index is 3.21. The number of halogens is 3. The molecule has 0 fully saturated rings. The molecule has 0 amide bonds. The molecule has 1 aromatic heterocycles. The zero-order valence-corrected chi connectivity index (χ0v) is 9.11. The fraction of sp³-hybridized carbons (Fsp3) is 0.200. The van der Waals surface area contributed by atoms with Crippen LogP contribution in [0.25, 0.3) is 0 Å². The maximum atomic E-state index is 5.67. The molecule has 0 radical (unpaired) electrons. The third kappa shape index (κ3) is 2.07.